The highest BCUT2D eigenvalue weighted by Crippen LogP contribution is 2.25. The summed E-state index contributed by atoms with van der Waals surface area (Å²) < 4.78 is 1.67. The van der Waals surface area contributed by atoms with Crippen LogP contribution in [0, 0.1) is 0 Å². The lowest BCUT2D eigenvalue weighted by Gasteiger charge is -2.22. The SMILES string of the molecule is CCC1(CC)NC(=O)N(CC(=O)c2cccn2C)C1=O. The highest BCUT2D eigenvalue weighted by atomic mass is 16.2. The number of nitrogens with zero attached hydrogens (tertiary/aromatic N) is 2. The Morgan fingerprint density at radius 1 is 1.30 bits per heavy atom. The minimum Gasteiger partial charge on any atom is -0.348 e. The molecule has 0 saturated carbocycles. The Morgan fingerprint density at radius 3 is 2.40 bits per heavy atom. The van der Waals surface area contributed by atoms with E-state index in [-0.39, 0.29) is 18.2 Å². The first kappa shape index (κ1) is 14.3. The van der Waals surface area contributed by atoms with Crippen molar-refractivity contribution >= 4 is 17.7 Å². The molecule has 1 fully saturated rings. The highest BCUT2D eigenvalue weighted by molar-refractivity contribution is 6.10. The van der Waals surface area contributed by atoms with Gasteiger partial charge in [-0.15, -0.1) is 0 Å². The lowest BCUT2D eigenvalue weighted by molar-refractivity contribution is -0.131. The molecule has 2 rings (SSSR count). The van der Waals surface area contributed by atoms with Crippen LogP contribution in [-0.4, -0.2) is 39.3 Å². The van der Waals surface area contributed by atoms with Crippen LogP contribution in [-0.2, 0) is 11.8 Å². The van der Waals surface area contributed by atoms with Gasteiger partial charge >= 0.3 is 6.03 Å². The molecule has 1 aromatic heterocycles. The monoisotopic (exact) mass is 277 g/mol. The van der Waals surface area contributed by atoms with Crippen LogP contribution in [0.15, 0.2) is 18.3 Å². The second-order valence-corrected chi connectivity index (χ2v) is 5.04. The van der Waals surface area contributed by atoms with E-state index in [1.54, 1.807) is 29.9 Å². The third-order valence-corrected chi connectivity index (χ3v) is 3.98. The van der Waals surface area contributed by atoms with Crippen LogP contribution in [0.25, 0.3) is 0 Å². The molecule has 1 aliphatic rings. The number of imide groups is 1. The number of aromatic nitrogens is 1. The number of hydrogen-bond acceptors (Lipinski definition) is 3. The summed E-state index contributed by atoms with van der Waals surface area (Å²) in [6.07, 6.45) is 2.79. The molecular weight excluding hydrogens is 258 g/mol. The zero-order chi connectivity index (χ0) is 14.9. The van der Waals surface area contributed by atoms with Gasteiger partial charge in [-0.2, -0.15) is 0 Å². The third-order valence-electron chi connectivity index (χ3n) is 3.98. The van der Waals surface area contributed by atoms with Crippen molar-refractivity contribution in [3.63, 3.8) is 0 Å². The second kappa shape index (κ2) is 5.11. The van der Waals surface area contributed by atoms with E-state index in [0.717, 1.165) is 4.90 Å². The van der Waals surface area contributed by atoms with E-state index in [0.29, 0.717) is 18.5 Å². The number of Topliss-reactive ketones (excluding diaryl/α,β-unsaturated/α-hetero) is 1. The molecule has 1 saturated heterocycles. The predicted octanol–water partition coefficient (Wildman–Crippen LogP) is 1.32. The molecule has 0 atom stereocenters. The highest BCUT2D eigenvalue weighted by Gasteiger charge is 2.49. The molecule has 0 spiro atoms. The van der Waals surface area contributed by atoms with E-state index in [2.05, 4.69) is 5.32 Å². The second-order valence-electron chi connectivity index (χ2n) is 5.04. The van der Waals surface area contributed by atoms with E-state index in [9.17, 15) is 14.4 Å². The molecule has 1 aromatic rings. The average molecular weight is 277 g/mol. The fourth-order valence-corrected chi connectivity index (χ4v) is 2.52. The lowest BCUT2D eigenvalue weighted by atomic mass is 9.93. The first-order valence-corrected chi connectivity index (χ1v) is 6.74. The summed E-state index contributed by atoms with van der Waals surface area (Å²) in [5.41, 5.74) is -0.373. The van der Waals surface area contributed by atoms with E-state index in [1.165, 1.54) is 0 Å². The molecule has 3 amide bonds. The van der Waals surface area contributed by atoms with Gasteiger partial charge in [-0.3, -0.25) is 14.5 Å². The molecule has 0 aromatic carbocycles. The smallest absolute Gasteiger partial charge is 0.325 e. The zero-order valence-electron chi connectivity index (χ0n) is 12.0. The van der Waals surface area contributed by atoms with Crippen LogP contribution in [0.1, 0.15) is 37.2 Å². The number of carbonyl (C=O) groups excluding carboxylic acids is 3. The molecule has 0 aliphatic carbocycles. The number of amides is 3. The minimum absolute atomic E-state index is 0.218. The van der Waals surface area contributed by atoms with Crippen molar-refractivity contribution in [2.75, 3.05) is 6.54 Å². The van der Waals surface area contributed by atoms with Gasteiger partial charge in [0.2, 0.25) is 0 Å². The maximum Gasteiger partial charge on any atom is 0.325 e. The van der Waals surface area contributed by atoms with Crippen molar-refractivity contribution in [1.29, 1.82) is 0 Å². The molecule has 0 bridgehead atoms. The van der Waals surface area contributed by atoms with Gasteiger partial charge in [-0.25, -0.2) is 4.79 Å². The molecule has 0 unspecified atom stereocenters. The van der Waals surface area contributed by atoms with Crippen molar-refractivity contribution in [3.05, 3.63) is 24.0 Å². The van der Waals surface area contributed by atoms with Gasteiger partial charge in [0.05, 0.1) is 12.2 Å². The largest absolute Gasteiger partial charge is 0.348 e. The fourth-order valence-electron chi connectivity index (χ4n) is 2.52. The molecule has 1 N–H and O–H groups in total. The van der Waals surface area contributed by atoms with Crippen LogP contribution < -0.4 is 5.32 Å². The van der Waals surface area contributed by atoms with Crippen molar-refractivity contribution in [2.24, 2.45) is 7.05 Å². The van der Waals surface area contributed by atoms with Gasteiger partial charge in [-0.1, -0.05) is 13.8 Å². The number of carbonyl (C=O) groups is 3. The van der Waals surface area contributed by atoms with E-state index < -0.39 is 11.6 Å². The normalized spacial score (nSPS) is 17.4. The van der Waals surface area contributed by atoms with Crippen molar-refractivity contribution in [3.8, 4) is 0 Å². The fraction of sp³-hybridized carbons (Fsp3) is 0.500. The summed E-state index contributed by atoms with van der Waals surface area (Å²) in [5, 5.41) is 2.71. The lowest BCUT2D eigenvalue weighted by Crippen LogP contribution is -2.46. The first-order valence-electron chi connectivity index (χ1n) is 6.74. The molecule has 1 aliphatic heterocycles. The Morgan fingerprint density at radius 2 is 1.95 bits per heavy atom. The zero-order valence-corrected chi connectivity index (χ0v) is 12.0. The number of rotatable bonds is 5. The van der Waals surface area contributed by atoms with Gasteiger partial charge in [-0.05, 0) is 25.0 Å². The molecule has 108 valence electrons. The maximum atomic E-state index is 12.4. The number of nitrogens with one attached hydrogen (secondary N) is 1. The summed E-state index contributed by atoms with van der Waals surface area (Å²) in [6, 6.07) is 2.94. The summed E-state index contributed by atoms with van der Waals surface area (Å²) in [4.78, 5) is 37.5. The van der Waals surface area contributed by atoms with Gasteiger partial charge in [0, 0.05) is 13.2 Å². The van der Waals surface area contributed by atoms with Crippen LogP contribution in [0.2, 0.25) is 0 Å². The molecule has 6 nitrogen and oxygen atoms in total. The number of urea groups is 1. The standard InChI is InChI=1S/C14H19N3O3/c1-4-14(5-2)12(19)17(13(20)15-14)9-11(18)10-7-6-8-16(10)3/h6-8H,4-5,9H2,1-3H3,(H,15,20). The molecule has 0 radical (unpaired) electrons. The maximum absolute atomic E-state index is 12.4. The van der Waals surface area contributed by atoms with Crippen molar-refractivity contribution in [1.82, 2.24) is 14.8 Å². The number of aryl methyl sites for hydroxylation is 1. The summed E-state index contributed by atoms with van der Waals surface area (Å²) in [7, 11) is 1.75. The minimum atomic E-state index is -0.856. The van der Waals surface area contributed by atoms with Crippen molar-refractivity contribution < 1.29 is 14.4 Å². The molecular formula is C14H19N3O3. The number of ketones is 1. The number of hydrogen-bond donors (Lipinski definition) is 1. The Hall–Kier alpha value is -2.11. The molecule has 6 heteroatoms. The molecule has 2 heterocycles. The van der Waals surface area contributed by atoms with Gasteiger partial charge in [0.1, 0.15) is 5.54 Å². The Balaban J connectivity index is 2.18. The Labute approximate surface area is 117 Å². The summed E-state index contributed by atoms with van der Waals surface area (Å²) >= 11 is 0. The predicted molar refractivity (Wildman–Crippen MR) is 73.3 cm³/mol. The quantitative estimate of drug-likeness (QED) is 0.651. The van der Waals surface area contributed by atoms with Crippen molar-refractivity contribution in [2.45, 2.75) is 32.2 Å². The van der Waals surface area contributed by atoms with E-state index >= 15 is 0 Å². The van der Waals surface area contributed by atoms with Crippen LogP contribution in [0.3, 0.4) is 0 Å². The molecule has 20 heavy (non-hydrogen) atoms. The van der Waals surface area contributed by atoms with E-state index in [1.807, 2.05) is 13.8 Å². The Kier molecular flexibility index (Phi) is 3.65. The Bertz CT molecular complexity index is 558. The summed E-state index contributed by atoms with van der Waals surface area (Å²) in [5.74, 6) is -0.556. The first-order chi connectivity index (χ1) is 9.45. The van der Waals surface area contributed by atoms with Gasteiger partial charge in [0.15, 0.2) is 5.78 Å². The third kappa shape index (κ3) is 2.11. The average Bonchev–Trinajstić information content (AvgIpc) is 2.95. The van der Waals surface area contributed by atoms with Crippen LogP contribution in [0.5, 0.6) is 0 Å². The topological polar surface area (TPSA) is 71.4 Å². The van der Waals surface area contributed by atoms with Gasteiger partial charge < -0.3 is 9.88 Å². The van der Waals surface area contributed by atoms with Crippen LogP contribution in [0.4, 0.5) is 4.79 Å². The summed E-state index contributed by atoms with van der Waals surface area (Å²) in [6.45, 7) is 3.48. The van der Waals surface area contributed by atoms with Crippen LogP contribution >= 0.6 is 0 Å². The van der Waals surface area contributed by atoms with E-state index in [4.69, 9.17) is 0 Å². The van der Waals surface area contributed by atoms with Gasteiger partial charge in [0.25, 0.3) is 5.91 Å².